The Bertz CT molecular complexity index is 537. The highest BCUT2D eigenvalue weighted by molar-refractivity contribution is 9.10. The van der Waals surface area contributed by atoms with E-state index in [-0.39, 0.29) is 5.91 Å². The monoisotopic (exact) mass is 309 g/mol. The second kappa shape index (κ2) is 5.68. The van der Waals surface area contributed by atoms with Crippen LogP contribution < -0.4 is 10.1 Å². The second-order valence-corrected chi connectivity index (χ2v) is 4.59. The molecule has 0 saturated carbocycles. The van der Waals surface area contributed by atoms with Crippen LogP contribution in [-0.2, 0) is 11.5 Å². The highest BCUT2D eigenvalue weighted by atomic mass is 79.9. The first-order valence-corrected chi connectivity index (χ1v) is 6.11. The third kappa shape index (κ3) is 3.59. The summed E-state index contributed by atoms with van der Waals surface area (Å²) < 4.78 is 8.14. The molecule has 1 amide bonds. The van der Waals surface area contributed by atoms with E-state index in [1.54, 1.807) is 17.1 Å². The number of carbonyl (C=O) groups is 1. The first-order valence-electron chi connectivity index (χ1n) is 5.32. The van der Waals surface area contributed by atoms with Gasteiger partial charge in [-0.3, -0.25) is 4.79 Å². The molecule has 1 aromatic heterocycles. The molecule has 2 rings (SSSR count). The normalized spacial score (nSPS) is 10.1. The number of halogens is 1. The fraction of sp³-hybridized carbons (Fsp3) is 0.167. The van der Waals surface area contributed by atoms with E-state index >= 15 is 0 Å². The number of anilines is 1. The van der Waals surface area contributed by atoms with Crippen molar-refractivity contribution in [3.63, 3.8) is 0 Å². The molecule has 18 heavy (non-hydrogen) atoms. The van der Waals surface area contributed by atoms with Gasteiger partial charge in [-0.05, 0) is 24.3 Å². The van der Waals surface area contributed by atoms with Gasteiger partial charge in [0.15, 0.2) is 6.73 Å². The highest BCUT2D eigenvalue weighted by Crippen LogP contribution is 2.16. The number of ether oxygens (including phenoxy) is 1. The van der Waals surface area contributed by atoms with Crippen molar-refractivity contribution < 1.29 is 9.53 Å². The van der Waals surface area contributed by atoms with Gasteiger partial charge in [-0.1, -0.05) is 15.9 Å². The fourth-order valence-corrected chi connectivity index (χ4v) is 1.64. The van der Waals surface area contributed by atoms with Gasteiger partial charge in [0.1, 0.15) is 5.75 Å². The van der Waals surface area contributed by atoms with E-state index in [9.17, 15) is 4.79 Å². The lowest BCUT2D eigenvalue weighted by Gasteiger charge is -2.05. The van der Waals surface area contributed by atoms with Gasteiger partial charge in [-0.15, -0.1) is 0 Å². The Labute approximate surface area is 113 Å². The lowest BCUT2D eigenvalue weighted by Crippen LogP contribution is -2.06. The Morgan fingerprint density at radius 2 is 2.17 bits per heavy atom. The molecule has 0 aliphatic rings. The van der Waals surface area contributed by atoms with Crippen LogP contribution in [0.4, 0.5) is 5.69 Å². The first kappa shape index (κ1) is 12.6. The zero-order valence-corrected chi connectivity index (χ0v) is 11.3. The van der Waals surface area contributed by atoms with Crippen molar-refractivity contribution in [2.45, 2.75) is 13.7 Å². The smallest absolute Gasteiger partial charge is 0.221 e. The molecule has 1 heterocycles. The summed E-state index contributed by atoms with van der Waals surface area (Å²) in [5, 5.41) is 6.72. The second-order valence-electron chi connectivity index (χ2n) is 3.68. The standard InChI is InChI=1S/C12H12BrN3O2/c1-9(17)15-11-6-14-16(7-11)8-18-12-4-2-10(13)3-5-12/h2-7H,8H2,1H3,(H,15,17). The number of hydrogen-bond donors (Lipinski definition) is 1. The predicted molar refractivity (Wildman–Crippen MR) is 71.3 cm³/mol. The number of nitrogens with zero attached hydrogens (tertiary/aromatic N) is 2. The van der Waals surface area contributed by atoms with Crippen LogP contribution in [0.25, 0.3) is 0 Å². The lowest BCUT2D eigenvalue weighted by molar-refractivity contribution is -0.114. The average Bonchev–Trinajstić information content (AvgIpc) is 2.75. The molecule has 0 fully saturated rings. The molecule has 94 valence electrons. The maximum absolute atomic E-state index is 10.8. The van der Waals surface area contributed by atoms with Crippen molar-refractivity contribution in [3.8, 4) is 5.75 Å². The largest absolute Gasteiger partial charge is 0.471 e. The average molecular weight is 310 g/mol. The van der Waals surface area contributed by atoms with E-state index in [2.05, 4.69) is 26.3 Å². The van der Waals surface area contributed by atoms with Crippen molar-refractivity contribution in [2.24, 2.45) is 0 Å². The minimum atomic E-state index is -0.122. The number of carbonyl (C=O) groups excluding carboxylic acids is 1. The zero-order valence-electron chi connectivity index (χ0n) is 9.76. The van der Waals surface area contributed by atoms with Gasteiger partial charge < -0.3 is 10.1 Å². The number of aromatic nitrogens is 2. The third-order valence-electron chi connectivity index (χ3n) is 2.13. The Morgan fingerprint density at radius 3 is 2.83 bits per heavy atom. The van der Waals surface area contributed by atoms with Gasteiger partial charge in [0.2, 0.25) is 5.91 Å². The predicted octanol–water partition coefficient (Wildman–Crippen LogP) is 2.64. The number of amides is 1. The molecule has 0 aliphatic carbocycles. The van der Waals surface area contributed by atoms with Crippen LogP contribution in [0.1, 0.15) is 6.92 Å². The molecule has 5 nitrogen and oxygen atoms in total. The molecule has 0 atom stereocenters. The van der Waals surface area contributed by atoms with E-state index in [1.807, 2.05) is 24.3 Å². The van der Waals surface area contributed by atoms with E-state index < -0.39 is 0 Å². The molecule has 6 heteroatoms. The van der Waals surface area contributed by atoms with Crippen molar-refractivity contribution in [1.82, 2.24) is 9.78 Å². The molecule has 2 aromatic rings. The van der Waals surface area contributed by atoms with Crippen molar-refractivity contribution in [1.29, 1.82) is 0 Å². The molecule has 0 unspecified atom stereocenters. The van der Waals surface area contributed by atoms with Crippen LogP contribution in [0.3, 0.4) is 0 Å². The van der Waals surface area contributed by atoms with Crippen LogP contribution in [0.5, 0.6) is 5.75 Å². The van der Waals surface area contributed by atoms with Gasteiger partial charge in [0.05, 0.1) is 18.1 Å². The molecule has 0 radical (unpaired) electrons. The molecule has 0 spiro atoms. The number of rotatable bonds is 4. The van der Waals surface area contributed by atoms with Crippen LogP contribution >= 0.6 is 15.9 Å². The summed E-state index contributed by atoms with van der Waals surface area (Å²) in [6.45, 7) is 1.75. The van der Waals surface area contributed by atoms with Crippen LogP contribution in [0.15, 0.2) is 41.1 Å². The third-order valence-corrected chi connectivity index (χ3v) is 2.66. The van der Waals surface area contributed by atoms with E-state index in [4.69, 9.17) is 4.74 Å². The number of hydrogen-bond acceptors (Lipinski definition) is 3. The van der Waals surface area contributed by atoms with Crippen LogP contribution in [-0.4, -0.2) is 15.7 Å². The molecule has 0 bridgehead atoms. The van der Waals surface area contributed by atoms with E-state index in [0.717, 1.165) is 10.2 Å². The maximum Gasteiger partial charge on any atom is 0.221 e. The van der Waals surface area contributed by atoms with Crippen molar-refractivity contribution >= 4 is 27.5 Å². The minimum Gasteiger partial charge on any atom is -0.471 e. The van der Waals surface area contributed by atoms with E-state index in [0.29, 0.717) is 12.4 Å². The quantitative estimate of drug-likeness (QED) is 0.944. The molecule has 0 aliphatic heterocycles. The van der Waals surface area contributed by atoms with Gasteiger partial charge in [0, 0.05) is 11.4 Å². The summed E-state index contributed by atoms with van der Waals surface area (Å²) >= 11 is 3.35. The molecule has 1 aromatic carbocycles. The zero-order chi connectivity index (χ0) is 13.0. The summed E-state index contributed by atoms with van der Waals surface area (Å²) in [6, 6.07) is 7.53. The number of benzene rings is 1. The molecule has 1 N–H and O–H groups in total. The lowest BCUT2D eigenvalue weighted by atomic mass is 10.3. The fourth-order valence-electron chi connectivity index (χ4n) is 1.37. The van der Waals surface area contributed by atoms with Crippen molar-refractivity contribution in [2.75, 3.05) is 5.32 Å². The topological polar surface area (TPSA) is 56.2 Å². The highest BCUT2D eigenvalue weighted by Gasteiger charge is 2.00. The van der Waals surface area contributed by atoms with Gasteiger partial charge >= 0.3 is 0 Å². The van der Waals surface area contributed by atoms with Crippen LogP contribution in [0.2, 0.25) is 0 Å². The van der Waals surface area contributed by atoms with Crippen molar-refractivity contribution in [3.05, 3.63) is 41.1 Å². The maximum atomic E-state index is 10.8. The Kier molecular flexibility index (Phi) is 3.99. The van der Waals surface area contributed by atoms with Gasteiger partial charge in [0.25, 0.3) is 0 Å². The molecular weight excluding hydrogens is 298 g/mol. The number of nitrogens with one attached hydrogen (secondary N) is 1. The van der Waals surface area contributed by atoms with Crippen LogP contribution in [0, 0.1) is 0 Å². The Morgan fingerprint density at radius 1 is 1.44 bits per heavy atom. The Balaban J connectivity index is 1.92. The summed E-state index contributed by atoms with van der Waals surface area (Å²) in [5.74, 6) is 0.637. The SMILES string of the molecule is CC(=O)Nc1cnn(COc2ccc(Br)cc2)c1. The Hall–Kier alpha value is -1.82. The minimum absolute atomic E-state index is 0.122. The summed E-state index contributed by atoms with van der Waals surface area (Å²) in [7, 11) is 0. The first-order chi connectivity index (χ1) is 8.63. The van der Waals surface area contributed by atoms with E-state index in [1.165, 1.54) is 6.92 Å². The van der Waals surface area contributed by atoms with Gasteiger partial charge in [-0.2, -0.15) is 5.10 Å². The summed E-state index contributed by atoms with van der Waals surface area (Å²) in [6.07, 6.45) is 3.28. The molecular formula is C12H12BrN3O2. The summed E-state index contributed by atoms with van der Waals surface area (Å²) in [5.41, 5.74) is 0.655. The summed E-state index contributed by atoms with van der Waals surface area (Å²) in [4.78, 5) is 10.8. The molecule has 0 saturated heterocycles. The van der Waals surface area contributed by atoms with Gasteiger partial charge in [-0.25, -0.2) is 4.68 Å².